The summed E-state index contributed by atoms with van der Waals surface area (Å²) in [7, 11) is 0. The highest BCUT2D eigenvalue weighted by Gasteiger charge is 2.20. The van der Waals surface area contributed by atoms with Crippen LogP contribution in [0.4, 0.5) is 5.95 Å². The molecular weight excluding hydrogens is 248 g/mol. The summed E-state index contributed by atoms with van der Waals surface area (Å²) in [6.07, 6.45) is 0. The van der Waals surface area contributed by atoms with Crippen molar-refractivity contribution in [2.75, 3.05) is 5.73 Å². The number of rotatable bonds is 1. The summed E-state index contributed by atoms with van der Waals surface area (Å²) in [6.45, 7) is 3.56. The van der Waals surface area contributed by atoms with E-state index in [0.717, 1.165) is 46.2 Å². The molecule has 0 bridgehead atoms. The van der Waals surface area contributed by atoms with Crippen LogP contribution in [-0.2, 0) is 13.1 Å². The van der Waals surface area contributed by atoms with E-state index in [2.05, 4.69) is 15.3 Å². The molecule has 1 aromatic carbocycles. The number of fused-ring (bicyclic) bond motifs is 1. The highest BCUT2D eigenvalue weighted by atomic mass is 35.5. The molecule has 1 aliphatic heterocycles. The largest absolute Gasteiger partial charge is 0.368 e. The molecule has 0 saturated heterocycles. The van der Waals surface area contributed by atoms with E-state index >= 15 is 0 Å². The first kappa shape index (κ1) is 11.4. The molecule has 3 rings (SSSR count). The third kappa shape index (κ3) is 1.83. The fraction of sp³-hybridized carbons (Fsp3) is 0.231. The van der Waals surface area contributed by atoms with Crippen molar-refractivity contribution in [1.82, 2.24) is 15.3 Å². The lowest BCUT2D eigenvalue weighted by molar-refractivity contribution is 0.758. The monoisotopic (exact) mass is 260 g/mol. The molecule has 92 valence electrons. The average molecular weight is 261 g/mol. The van der Waals surface area contributed by atoms with Crippen molar-refractivity contribution in [2.45, 2.75) is 20.0 Å². The molecule has 1 aliphatic rings. The maximum absolute atomic E-state index is 5.98. The Balaban J connectivity index is 2.23. The zero-order valence-corrected chi connectivity index (χ0v) is 10.8. The van der Waals surface area contributed by atoms with Crippen LogP contribution in [0.5, 0.6) is 0 Å². The predicted molar refractivity (Wildman–Crippen MR) is 72.2 cm³/mol. The second kappa shape index (κ2) is 4.23. The van der Waals surface area contributed by atoms with E-state index in [0.29, 0.717) is 5.95 Å². The lowest BCUT2D eigenvalue weighted by Crippen LogP contribution is -2.03. The van der Waals surface area contributed by atoms with Gasteiger partial charge in [0.25, 0.3) is 0 Å². The van der Waals surface area contributed by atoms with Crippen molar-refractivity contribution in [3.05, 3.63) is 40.0 Å². The number of nitrogens with zero attached hydrogens (tertiary/aromatic N) is 2. The molecule has 0 spiro atoms. The van der Waals surface area contributed by atoms with E-state index in [1.54, 1.807) is 0 Å². The van der Waals surface area contributed by atoms with Crippen molar-refractivity contribution < 1.29 is 0 Å². The Labute approximate surface area is 110 Å². The van der Waals surface area contributed by atoms with E-state index in [9.17, 15) is 0 Å². The molecular formula is C13H13ClN4. The molecule has 0 fully saturated rings. The third-order valence-corrected chi connectivity index (χ3v) is 3.38. The third-order valence-electron chi connectivity index (χ3n) is 3.15. The van der Waals surface area contributed by atoms with Gasteiger partial charge in [-0.05, 0) is 24.6 Å². The molecule has 2 heterocycles. The van der Waals surface area contributed by atoms with Crippen LogP contribution in [0.2, 0.25) is 5.02 Å². The SMILES string of the molecule is Cc1cc(Cl)ccc1-c1nc(N)nc2c1CNC2. The van der Waals surface area contributed by atoms with Crippen molar-refractivity contribution in [3.8, 4) is 11.3 Å². The number of benzene rings is 1. The first-order chi connectivity index (χ1) is 8.65. The lowest BCUT2D eigenvalue weighted by Gasteiger charge is -2.10. The summed E-state index contributed by atoms with van der Waals surface area (Å²) in [5, 5.41) is 4.00. The Morgan fingerprint density at radius 3 is 2.89 bits per heavy atom. The predicted octanol–water partition coefficient (Wildman–Crippen LogP) is 2.29. The van der Waals surface area contributed by atoms with Gasteiger partial charge in [-0.15, -0.1) is 0 Å². The van der Waals surface area contributed by atoms with E-state index in [1.807, 2.05) is 25.1 Å². The minimum atomic E-state index is 0.321. The summed E-state index contributed by atoms with van der Waals surface area (Å²) in [4.78, 5) is 8.65. The van der Waals surface area contributed by atoms with Gasteiger partial charge in [0.05, 0.1) is 11.4 Å². The van der Waals surface area contributed by atoms with Gasteiger partial charge < -0.3 is 11.1 Å². The zero-order valence-electron chi connectivity index (χ0n) is 10.00. The van der Waals surface area contributed by atoms with E-state index in [4.69, 9.17) is 17.3 Å². The van der Waals surface area contributed by atoms with E-state index in [1.165, 1.54) is 0 Å². The highest BCUT2D eigenvalue weighted by molar-refractivity contribution is 6.30. The van der Waals surface area contributed by atoms with Crippen LogP contribution < -0.4 is 11.1 Å². The van der Waals surface area contributed by atoms with Gasteiger partial charge in [0, 0.05) is 29.2 Å². The Morgan fingerprint density at radius 2 is 2.11 bits per heavy atom. The average Bonchev–Trinajstić information content (AvgIpc) is 2.76. The lowest BCUT2D eigenvalue weighted by atomic mass is 10.0. The molecule has 0 radical (unpaired) electrons. The van der Waals surface area contributed by atoms with Crippen LogP contribution >= 0.6 is 11.6 Å². The molecule has 4 nitrogen and oxygen atoms in total. The summed E-state index contributed by atoms with van der Waals surface area (Å²) >= 11 is 5.98. The quantitative estimate of drug-likeness (QED) is 0.826. The smallest absolute Gasteiger partial charge is 0.220 e. The normalized spacial score (nSPS) is 13.7. The Hall–Kier alpha value is -1.65. The Bertz CT molecular complexity index is 625. The van der Waals surface area contributed by atoms with Crippen LogP contribution in [-0.4, -0.2) is 9.97 Å². The highest BCUT2D eigenvalue weighted by Crippen LogP contribution is 2.30. The van der Waals surface area contributed by atoms with Gasteiger partial charge in [0.2, 0.25) is 5.95 Å². The Morgan fingerprint density at radius 1 is 1.28 bits per heavy atom. The number of nitrogens with one attached hydrogen (secondary N) is 1. The molecule has 3 N–H and O–H groups in total. The van der Waals surface area contributed by atoms with Crippen molar-refractivity contribution in [1.29, 1.82) is 0 Å². The number of aryl methyl sites for hydroxylation is 1. The van der Waals surface area contributed by atoms with Crippen LogP contribution in [0.15, 0.2) is 18.2 Å². The summed E-state index contributed by atoms with van der Waals surface area (Å²) in [5.74, 6) is 0.321. The van der Waals surface area contributed by atoms with Gasteiger partial charge >= 0.3 is 0 Å². The molecule has 18 heavy (non-hydrogen) atoms. The topological polar surface area (TPSA) is 63.8 Å². The minimum Gasteiger partial charge on any atom is -0.368 e. The van der Waals surface area contributed by atoms with Gasteiger partial charge in [0.1, 0.15) is 0 Å². The fourth-order valence-electron chi connectivity index (χ4n) is 2.30. The molecule has 0 saturated carbocycles. The molecule has 0 unspecified atom stereocenters. The number of nitrogens with two attached hydrogens (primary N) is 1. The van der Waals surface area contributed by atoms with Crippen LogP contribution in [0.3, 0.4) is 0 Å². The second-order valence-corrected chi connectivity index (χ2v) is 4.85. The number of anilines is 1. The number of nitrogen functional groups attached to an aromatic ring is 1. The van der Waals surface area contributed by atoms with Crippen LogP contribution in [0.1, 0.15) is 16.8 Å². The van der Waals surface area contributed by atoms with Gasteiger partial charge in [-0.3, -0.25) is 0 Å². The standard InChI is InChI=1S/C13H13ClN4/c1-7-4-8(14)2-3-9(7)12-10-5-16-6-11(10)17-13(15)18-12/h2-4,16H,5-6H2,1H3,(H2,15,17,18). The second-order valence-electron chi connectivity index (χ2n) is 4.42. The van der Waals surface area contributed by atoms with E-state index < -0.39 is 0 Å². The van der Waals surface area contributed by atoms with Crippen molar-refractivity contribution >= 4 is 17.5 Å². The number of hydrogen-bond acceptors (Lipinski definition) is 4. The number of hydrogen-bond donors (Lipinski definition) is 2. The fourth-order valence-corrected chi connectivity index (χ4v) is 2.53. The molecule has 0 amide bonds. The van der Waals surface area contributed by atoms with Crippen LogP contribution in [0, 0.1) is 6.92 Å². The summed E-state index contributed by atoms with van der Waals surface area (Å²) < 4.78 is 0. The van der Waals surface area contributed by atoms with Gasteiger partial charge in [-0.1, -0.05) is 17.7 Å². The minimum absolute atomic E-state index is 0.321. The van der Waals surface area contributed by atoms with Crippen LogP contribution in [0.25, 0.3) is 11.3 Å². The first-order valence-electron chi connectivity index (χ1n) is 5.77. The maximum Gasteiger partial charge on any atom is 0.220 e. The number of halogens is 1. The van der Waals surface area contributed by atoms with Crippen molar-refractivity contribution in [2.24, 2.45) is 0 Å². The van der Waals surface area contributed by atoms with Gasteiger partial charge in [0.15, 0.2) is 0 Å². The molecule has 0 atom stereocenters. The molecule has 1 aromatic heterocycles. The molecule has 5 heteroatoms. The first-order valence-corrected chi connectivity index (χ1v) is 6.15. The van der Waals surface area contributed by atoms with Gasteiger partial charge in [-0.2, -0.15) is 0 Å². The molecule has 0 aliphatic carbocycles. The number of aromatic nitrogens is 2. The Kier molecular flexibility index (Phi) is 2.69. The summed E-state index contributed by atoms with van der Waals surface area (Å²) in [6, 6.07) is 5.79. The van der Waals surface area contributed by atoms with Crippen molar-refractivity contribution in [3.63, 3.8) is 0 Å². The summed E-state index contributed by atoms with van der Waals surface area (Å²) in [5.41, 5.74) is 11.0. The van der Waals surface area contributed by atoms with E-state index in [-0.39, 0.29) is 0 Å². The zero-order chi connectivity index (χ0) is 12.7. The maximum atomic E-state index is 5.98. The van der Waals surface area contributed by atoms with Gasteiger partial charge in [-0.25, -0.2) is 9.97 Å². The molecule has 2 aromatic rings.